The van der Waals surface area contributed by atoms with Crippen molar-refractivity contribution in [3.8, 4) is 0 Å². The van der Waals surface area contributed by atoms with E-state index < -0.39 is 16.4 Å². The molecule has 1 rings (SSSR count). The zero-order chi connectivity index (χ0) is 12.1. The van der Waals surface area contributed by atoms with Gasteiger partial charge in [0, 0.05) is 12.1 Å². The molecule has 1 aromatic rings. The number of halogens is 1. The molecule has 0 spiro atoms. The molecule has 0 aliphatic carbocycles. The Hall–Kier alpha value is -1.49. The average molecular weight is 226 g/mol. The maximum absolute atomic E-state index is 13.2. The molecule has 0 heterocycles. The molecule has 0 saturated carbocycles. The number of nitrogens with one attached hydrogen (secondary N) is 1. The first-order valence-corrected chi connectivity index (χ1v) is 5.14. The highest BCUT2D eigenvalue weighted by atomic mass is 19.1. The molecule has 16 heavy (non-hydrogen) atoms. The number of aryl methyl sites for hydroxylation is 1. The maximum atomic E-state index is 13.2. The van der Waals surface area contributed by atoms with E-state index in [0.717, 1.165) is 12.0 Å². The van der Waals surface area contributed by atoms with Gasteiger partial charge in [0.25, 0.3) is 0 Å². The molecule has 0 radical (unpaired) electrons. The Morgan fingerprint density at radius 2 is 2.25 bits per heavy atom. The molecule has 0 amide bonds. The highest BCUT2D eigenvalue weighted by Gasteiger charge is 2.13. The van der Waals surface area contributed by atoms with Gasteiger partial charge in [-0.1, -0.05) is 6.07 Å². The molecule has 1 atom stereocenters. The lowest BCUT2D eigenvalue weighted by Gasteiger charge is -2.09. The quantitative estimate of drug-likeness (QED) is 0.619. The zero-order valence-corrected chi connectivity index (χ0v) is 9.37. The Morgan fingerprint density at radius 3 is 2.75 bits per heavy atom. The van der Waals surface area contributed by atoms with E-state index in [2.05, 4.69) is 5.32 Å². The number of hydrogen-bond donors (Lipinski definition) is 1. The van der Waals surface area contributed by atoms with Crippen LogP contribution in [0.25, 0.3) is 0 Å². The summed E-state index contributed by atoms with van der Waals surface area (Å²) >= 11 is 0. The standard InChI is InChI=1S/C11H15FN2O2/c1-8(13-2)3-4-9-5-6-11(14(15)16)10(12)7-9/h5-8,13H,3-4H2,1-2H3. The molecule has 4 nitrogen and oxygen atoms in total. The van der Waals surface area contributed by atoms with Crippen molar-refractivity contribution in [2.75, 3.05) is 7.05 Å². The molecule has 1 unspecified atom stereocenters. The SMILES string of the molecule is CNC(C)CCc1ccc([N+](=O)[O-])c(F)c1. The van der Waals surface area contributed by atoms with Gasteiger partial charge in [-0.15, -0.1) is 0 Å². The van der Waals surface area contributed by atoms with E-state index >= 15 is 0 Å². The molecule has 0 aliphatic heterocycles. The van der Waals surface area contributed by atoms with Crippen LogP contribution in [0.15, 0.2) is 18.2 Å². The van der Waals surface area contributed by atoms with Crippen LogP contribution in [-0.4, -0.2) is 18.0 Å². The first-order chi connectivity index (χ1) is 7.54. The largest absolute Gasteiger partial charge is 0.317 e. The summed E-state index contributed by atoms with van der Waals surface area (Å²) in [4.78, 5) is 9.69. The van der Waals surface area contributed by atoms with Crippen molar-refractivity contribution in [2.45, 2.75) is 25.8 Å². The van der Waals surface area contributed by atoms with Gasteiger partial charge >= 0.3 is 5.69 Å². The van der Waals surface area contributed by atoms with Gasteiger partial charge in [-0.2, -0.15) is 4.39 Å². The van der Waals surface area contributed by atoms with Crippen LogP contribution in [0, 0.1) is 15.9 Å². The third kappa shape index (κ3) is 3.27. The fraction of sp³-hybridized carbons (Fsp3) is 0.455. The second-order valence-electron chi connectivity index (χ2n) is 3.77. The van der Waals surface area contributed by atoms with Crippen molar-refractivity contribution in [2.24, 2.45) is 0 Å². The number of hydrogen-bond acceptors (Lipinski definition) is 3. The van der Waals surface area contributed by atoms with Gasteiger partial charge in [-0.05, 0) is 38.4 Å². The van der Waals surface area contributed by atoms with Crippen LogP contribution < -0.4 is 5.32 Å². The second kappa shape index (κ2) is 5.55. The lowest BCUT2D eigenvalue weighted by Crippen LogP contribution is -2.21. The fourth-order valence-electron chi connectivity index (χ4n) is 1.38. The van der Waals surface area contributed by atoms with E-state index in [4.69, 9.17) is 0 Å². The van der Waals surface area contributed by atoms with Crippen LogP contribution in [0.2, 0.25) is 0 Å². The predicted octanol–water partition coefficient (Wildman–Crippen LogP) is 2.27. The molecular formula is C11H15FN2O2. The van der Waals surface area contributed by atoms with E-state index in [0.29, 0.717) is 12.5 Å². The second-order valence-corrected chi connectivity index (χ2v) is 3.77. The van der Waals surface area contributed by atoms with Gasteiger partial charge in [0.2, 0.25) is 5.82 Å². The lowest BCUT2D eigenvalue weighted by atomic mass is 10.1. The Morgan fingerprint density at radius 1 is 1.56 bits per heavy atom. The van der Waals surface area contributed by atoms with E-state index in [9.17, 15) is 14.5 Å². The Kier molecular flexibility index (Phi) is 4.37. The van der Waals surface area contributed by atoms with Crippen LogP contribution >= 0.6 is 0 Å². The highest BCUT2D eigenvalue weighted by molar-refractivity contribution is 5.35. The first kappa shape index (κ1) is 12.6. The molecule has 5 heteroatoms. The van der Waals surface area contributed by atoms with Gasteiger partial charge in [0.1, 0.15) is 0 Å². The monoisotopic (exact) mass is 226 g/mol. The highest BCUT2D eigenvalue weighted by Crippen LogP contribution is 2.18. The first-order valence-electron chi connectivity index (χ1n) is 5.14. The molecule has 0 aromatic heterocycles. The molecule has 0 bridgehead atoms. The summed E-state index contributed by atoms with van der Waals surface area (Å²) in [5.41, 5.74) is 0.315. The van der Waals surface area contributed by atoms with Gasteiger partial charge in [0.05, 0.1) is 4.92 Å². The Balaban J connectivity index is 2.70. The van der Waals surface area contributed by atoms with Crippen molar-refractivity contribution >= 4 is 5.69 Å². The summed E-state index contributed by atoms with van der Waals surface area (Å²) in [6, 6.07) is 4.40. The van der Waals surface area contributed by atoms with Crippen molar-refractivity contribution in [3.63, 3.8) is 0 Å². The van der Waals surface area contributed by atoms with E-state index in [1.165, 1.54) is 12.1 Å². The summed E-state index contributed by atoms with van der Waals surface area (Å²) in [5, 5.41) is 13.5. The maximum Gasteiger partial charge on any atom is 0.304 e. The van der Waals surface area contributed by atoms with Crippen LogP contribution in [0.3, 0.4) is 0 Å². The summed E-state index contributed by atoms with van der Waals surface area (Å²) in [5.74, 6) is -0.764. The van der Waals surface area contributed by atoms with Crippen molar-refractivity contribution in [1.29, 1.82) is 0 Å². The topological polar surface area (TPSA) is 55.2 Å². The predicted molar refractivity (Wildman–Crippen MR) is 59.9 cm³/mol. The Labute approximate surface area is 93.6 Å². The molecule has 0 fully saturated rings. The summed E-state index contributed by atoms with van der Waals surface area (Å²) in [6.07, 6.45) is 1.57. The fourth-order valence-corrected chi connectivity index (χ4v) is 1.38. The van der Waals surface area contributed by atoms with Crippen LogP contribution in [-0.2, 0) is 6.42 Å². The minimum Gasteiger partial charge on any atom is -0.317 e. The molecular weight excluding hydrogens is 211 g/mol. The third-order valence-electron chi connectivity index (χ3n) is 2.57. The van der Waals surface area contributed by atoms with Crippen molar-refractivity contribution < 1.29 is 9.31 Å². The van der Waals surface area contributed by atoms with Crippen molar-refractivity contribution in [3.05, 3.63) is 39.7 Å². The summed E-state index contributed by atoms with van der Waals surface area (Å²) in [7, 11) is 1.86. The molecule has 88 valence electrons. The van der Waals surface area contributed by atoms with Crippen LogP contribution in [0.4, 0.5) is 10.1 Å². The minimum atomic E-state index is -0.764. The number of nitro groups is 1. The number of benzene rings is 1. The van der Waals surface area contributed by atoms with Crippen LogP contribution in [0.5, 0.6) is 0 Å². The van der Waals surface area contributed by atoms with E-state index in [-0.39, 0.29) is 0 Å². The molecule has 0 saturated heterocycles. The Bertz CT molecular complexity index is 382. The molecule has 0 aliphatic rings. The van der Waals surface area contributed by atoms with Gasteiger partial charge < -0.3 is 5.32 Å². The summed E-state index contributed by atoms with van der Waals surface area (Å²) in [6.45, 7) is 2.03. The zero-order valence-electron chi connectivity index (χ0n) is 9.37. The summed E-state index contributed by atoms with van der Waals surface area (Å²) < 4.78 is 13.2. The number of rotatable bonds is 5. The normalized spacial score (nSPS) is 12.4. The average Bonchev–Trinajstić information content (AvgIpc) is 2.25. The van der Waals surface area contributed by atoms with Gasteiger partial charge in [-0.25, -0.2) is 0 Å². The minimum absolute atomic E-state index is 0.346. The van der Waals surface area contributed by atoms with E-state index in [1.807, 2.05) is 14.0 Å². The molecule has 1 aromatic carbocycles. The van der Waals surface area contributed by atoms with Crippen molar-refractivity contribution in [1.82, 2.24) is 5.32 Å². The lowest BCUT2D eigenvalue weighted by molar-refractivity contribution is -0.387. The third-order valence-corrected chi connectivity index (χ3v) is 2.57. The number of nitro benzene ring substituents is 1. The van der Waals surface area contributed by atoms with Gasteiger partial charge in [0.15, 0.2) is 0 Å². The smallest absolute Gasteiger partial charge is 0.304 e. The van der Waals surface area contributed by atoms with E-state index in [1.54, 1.807) is 6.07 Å². The van der Waals surface area contributed by atoms with Gasteiger partial charge in [-0.3, -0.25) is 10.1 Å². The molecule has 1 N–H and O–H groups in total. The number of nitrogens with zero attached hydrogens (tertiary/aromatic N) is 1. The van der Waals surface area contributed by atoms with Crippen LogP contribution in [0.1, 0.15) is 18.9 Å².